The molecule has 0 saturated carbocycles. The number of nitrogens with one attached hydrogen (secondary N) is 1. The van der Waals surface area contributed by atoms with Crippen molar-refractivity contribution in [3.63, 3.8) is 0 Å². The summed E-state index contributed by atoms with van der Waals surface area (Å²) in [4.78, 5) is 48.3. The number of carbonyl (C=O) groups is 3. The number of hydrogen-bond donors (Lipinski definition) is 3. The fourth-order valence-corrected chi connectivity index (χ4v) is 6.15. The number of oxime groups is 1. The number of aliphatic carboxylic acids is 1. The maximum Gasteiger partial charge on any atom is 0.352 e. The smallest absolute Gasteiger partial charge is 0.352 e. The Hall–Kier alpha value is -3.97. The fourth-order valence-electron chi connectivity index (χ4n) is 4.27. The van der Waals surface area contributed by atoms with Gasteiger partial charge in [-0.05, 0) is 12.1 Å². The molecule has 3 aromatic rings. The first-order chi connectivity index (χ1) is 17.4. The Kier molecular flexibility index (Phi) is 6.33. The molecule has 4 N–H and O–H groups in total. The number of β-lactam (4-membered cyclic amide) rings is 1. The molecule has 1 fully saturated rings. The molecule has 2 aliphatic heterocycles. The predicted octanol–water partition coefficient (Wildman–Crippen LogP) is 0.955. The number of nitrogen functional groups attached to an aromatic ring is 1. The topological polar surface area (TPSA) is 151 Å². The summed E-state index contributed by atoms with van der Waals surface area (Å²) in [5, 5.41) is 18.7. The minimum atomic E-state index is -1.19. The molecule has 36 heavy (non-hydrogen) atoms. The van der Waals surface area contributed by atoms with Crippen LogP contribution in [0.15, 0.2) is 64.4 Å². The van der Waals surface area contributed by atoms with Gasteiger partial charge < -0.3 is 21.0 Å². The van der Waals surface area contributed by atoms with E-state index in [0.717, 1.165) is 22.2 Å². The number of benzene rings is 1. The molecule has 5 rings (SSSR count). The van der Waals surface area contributed by atoms with Gasteiger partial charge in [-0.2, -0.15) is 4.57 Å². The molecule has 0 aliphatic carbocycles. The predicted molar refractivity (Wildman–Crippen MR) is 134 cm³/mol. The molecule has 1 saturated heterocycles. The molecular weight excluding hydrogens is 504 g/mol. The molecule has 0 unspecified atom stereocenters. The number of carboxylic acid groups (broad SMARTS) is 1. The number of thioether (sulfide) groups is 1. The lowest BCUT2D eigenvalue weighted by molar-refractivity contribution is -0.663. The number of nitrogens with two attached hydrogens (primary N) is 1. The van der Waals surface area contributed by atoms with Gasteiger partial charge in [0.15, 0.2) is 23.6 Å². The summed E-state index contributed by atoms with van der Waals surface area (Å²) in [7, 11) is 1.29. The third-order valence-corrected chi connectivity index (χ3v) is 7.86. The van der Waals surface area contributed by atoms with E-state index in [2.05, 4.69) is 15.5 Å². The highest BCUT2D eigenvalue weighted by Gasteiger charge is 2.54. The zero-order valence-electron chi connectivity index (χ0n) is 19.0. The molecule has 0 radical (unpaired) electrons. The summed E-state index contributed by atoms with van der Waals surface area (Å²) in [6.07, 6.45) is 1.88. The number of nitrogens with zero attached hydrogens (tertiary/aromatic N) is 4. The second kappa shape index (κ2) is 9.59. The molecule has 2 atom stereocenters. The van der Waals surface area contributed by atoms with E-state index >= 15 is 0 Å². The van der Waals surface area contributed by atoms with Gasteiger partial charge in [0.25, 0.3) is 11.8 Å². The summed E-state index contributed by atoms with van der Waals surface area (Å²) in [5.41, 5.74) is 7.27. The summed E-state index contributed by atoms with van der Waals surface area (Å²) >= 11 is 2.53. The van der Waals surface area contributed by atoms with Crippen LogP contribution in [-0.2, 0) is 25.8 Å². The number of amides is 2. The number of anilines is 1. The van der Waals surface area contributed by atoms with Crippen molar-refractivity contribution in [2.75, 3.05) is 18.6 Å². The van der Waals surface area contributed by atoms with Crippen LogP contribution in [0.1, 0.15) is 5.69 Å². The van der Waals surface area contributed by atoms with Crippen molar-refractivity contribution in [3.05, 3.63) is 64.9 Å². The zero-order valence-corrected chi connectivity index (χ0v) is 20.6. The van der Waals surface area contributed by atoms with Gasteiger partial charge in [-0.15, -0.1) is 23.1 Å². The number of carbonyl (C=O) groups excluding carboxylic acids is 2. The van der Waals surface area contributed by atoms with Crippen molar-refractivity contribution in [3.8, 4) is 0 Å². The normalized spacial score (nSPS) is 19.6. The van der Waals surface area contributed by atoms with Gasteiger partial charge >= 0.3 is 5.97 Å². The first-order valence-electron chi connectivity index (χ1n) is 10.8. The molecule has 184 valence electrons. The van der Waals surface area contributed by atoms with Crippen molar-refractivity contribution in [2.24, 2.45) is 5.16 Å². The van der Waals surface area contributed by atoms with Crippen LogP contribution in [0.2, 0.25) is 0 Å². The van der Waals surface area contributed by atoms with Crippen molar-refractivity contribution in [2.45, 2.75) is 18.0 Å². The molecule has 2 aromatic heterocycles. The Labute approximate surface area is 213 Å². The standard InChI is InChI=1S/C23H20N6O5S2/c1-34-27-16(14-11-36-23(24)25-14)19(30)26-17-20(31)29-18(22(32)33)13(10-35-21(17)29)9-28-8-4-6-12-5-2-3-7-15(12)28/h2-8,11,17,21H,9-10H2,1H3,(H3-,24,25,26,30,32,33)/p+1/b27-16+/t17-,21-/m0/s1. The highest BCUT2D eigenvalue weighted by molar-refractivity contribution is 8.00. The third kappa shape index (κ3) is 4.16. The van der Waals surface area contributed by atoms with Crippen LogP contribution >= 0.6 is 23.1 Å². The lowest BCUT2D eigenvalue weighted by atomic mass is 10.0. The third-order valence-electron chi connectivity index (χ3n) is 5.85. The van der Waals surface area contributed by atoms with Gasteiger partial charge in [-0.3, -0.25) is 14.5 Å². The Balaban J connectivity index is 1.38. The first kappa shape index (κ1) is 23.8. The number of para-hydroxylation sites is 1. The van der Waals surface area contributed by atoms with E-state index in [1.807, 2.05) is 47.2 Å². The Morgan fingerprint density at radius 2 is 2.11 bits per heavy atom. The second-order valence-electron chi connectivity index (χ2n) is 8.01. The summed E-state index contributed by atoms with van der Waals surface area (Å²) < 4.78 is 1.96. The average molecular weight is 526 g/mol. The number of thiazole rings is 1. The summed E-state index contributed by atoms with van der Waals surface area (Å²) in [5.74, 6) is -1.97. The first-order valence-corrected chi connectivity index (χ1v) is 12.7. The van der Waals surface area contributed by atoms with Crippen LogP contribution in [0, 0.1) is 0 Å². The van der Waals surface area contributed by atoms with E-state index in [1.165, 1.54) is 23.8 Å². The van der Waals surface area contributed by atoms with E-state index in [4.69, 9.17) is 10.6 Å². The second-order valence-corrected chi connectivity index (χ2v) is 10.0. The quantitative estimate of drug-likeness (QED) is 0.179. The number of hydrogen-bond acceptors (Lipinski definition) is 9. The van der Waals surface area contributed by atoms with Crippen LogP contribution < -0.4 is 15.6 Å². The van der Waals surface area contributed by atoms with Gasteiger partial charge in [0.1, 0.15) is 29.9 Å². The van der Waals surface area contributed by atoms with Crippen LogP contribution in [-0.4, -0.2) is 62.8 Å². The van der Waals surface area contributed by atoms with Crippen molar-refractivity contribution >= 4 is 62.6 Å². The van der Waals surface area contributed by atoms with Crippen molar-refractivity contribution in [1.82, 2.24) is 15.2 Å². The van der Waals surface area contributed by atoms with E-state index in [9.17, 15) is 19.5 Å². The van der Waals surface area contributed by atoms with E-state index < -0.39 is 29.2 Å². The largest absolute Gasteiger partial charge is 0.477 e. The molecule has 0 bridgehead atoms. The number of fused-ring (bicyclic) bond motifs is 2. The number of rotatable bonds is 7. The Morgan fingerprint density at radius 1 is 1.33 bits per heavy atom. The molecule has 0 spiro atoms. The lowest BCUT2D eigenvalue weighted by Gasteiger charge is -2.49. The lowest BCUT2D eigenvalue weighted by Crippen LogP contribution is -2.71. The molecule has 1 aromatic carbocycles. The van der Waals surface area contributed by atoms with Crippen LogP contribution in [0.25, 0.3) is 10.9 Å². The van der Waals surface area contributed by atoms with Gasteiger partial charge in [-0.25, -0.2) is 9.78 Å². The fraction of sp³-hybridized carbons (Fsp3) is 0.217. The molecule has 13 heteroatoms. The van der Waals surface area contributed by atoms with Crippen molar-refractivity contribution < 1.29 is 28.9 Å². The SMILES string of the molecule is CO/N=C(/C(=O)N[C@H]1C(=O)N2C(C(=O)O)=C(C[n+]3cccc4ccccc43)CS[C@@H]12)c1csc(N)n1. The van der Waals surface area contributed by atoms with Gasteiger partial charge in [0.05, 0.1) is 0 Å². The van der Waals surface area contributed by atoms with E-state index in [-0.39, 0.29) is 22.2 Å². The van der Waals surface area contributed by atoms with Crippen LogP contribution in [0.5, 0.6) is 0 Å². The molecule has 2 amide bonds. The highest BCUT2D eigenvalue weighted by atomic mass is 32.2. The van der Waals surface area contributed by atoms with Gasteiger partial charge in [0, 0.05) is 34.2 Å². The molecule has 11 nitrogen and oxygen atoms in total. The zero-order chi connectivity index (χ0) is 25.4. The maximum atomic E-state index is 13.1. The van der Waals surface area contributed by atoms with Crippen molar-refractivity contribution in [1.29, 1.82) is 0 Å². The maximum absolute atomic E-state index is 13.1. The number of pyridine rings is 1. The highest BCUT2D eigenvalue weighted by Crippen LogP contribution is 2.40. The monoisotopic (exact) mass is 525 g/mol. The molecular formula is C23H21N6O5S2+. The van der Waals surface area contributed by atoms with Crippen LogP contribution in [0.3, 0.4) is 0 Å². The Morgan fingerprint density at radius 3 is 2.83 bits per heavy atom. The summed E-state index contributed by atoms with van der Waals surface area (Å²) in [6.45, 7) is 0.319. The van der Waals surface area contributed by atoms with Gasteiger partial charge in [-0.1, -0.05) is 17.3 Å². The van der Waals surface area contributed by atoms with E-state index in [1.54, 1.807) is 5.38 Å². The number of carboxylic acids is 1. The molecule has 2 aliphatic rings. The number of aromatic nitrogens is 2. The van der Waals surface area contributed by atoms with Crippen LogP contribution in [0.4, 0.5) is 5.13 Å². The summed E-state index contributed by atoms with van der Waals surface area (Å²) in [6, 6.07) is 10.8. The Bertz CT molecular complexity index is 1450. The average Bonchev–Trinajstić information content (AvgIpc) is 3.31. The minimum absolute atomic E-state index is 0.0484. The van der Waals surface area contributed by atoms with Gasteiger partial charge in [0.2, 0.25) is 5.52 Å². The minimum Gasteiger partial charge on any atom is -0.477 e. The van der Waals surface area contributed by atoms with E-state index in [0.29, 0.717) is 17.9 Å². The molecule has 4 heterocycles.